The third kappa shape index (κ3) is 4.31. The van der Waals surface area contributed by atoms with Gasteiger partial charge in [-0.15, -0.1) is 0 Å². The highest BCUT2D eigenvalue weighted by atomic mass is 35.5. The lowest BCUT2D eigenvalue weighted by Crippen LogP contribution is -2.31. The van der Waals surface area contributed by atoms with Crippen LogP contribution in [0.2, 0.25) is 5.02 Å². The molecule has 0 aliphatic carbocycles. The standard InChI is InChI=1S/C13H22ClN5/c1-18(8-9-19-6-2-3-7-19)10-12-11(14)4-5-13(16-12)17-15/h4-5H,2-3,6-10,15H2,1H3,(H,16,17). The highest BCUT2D eigenvalue weighted by molar-refractivity contribution is 6.31. The van der Waals surface area contributed by atoms with Crippen molar-refractivity contribution in [1.29, 1.82) is 0 Å². The molecule has 1 aromatic rings. The maximum absolute atomic E-state index is 6.16. The number of aromatic nitrogens is 1. The molecule has 0 aromatic carbocycles. The van der Waals surface area contributed by atoms with E-state index in [0.29, 0.717) is 10.8 Å². The second-order valence-corrected chi connectivity index (χ2v) is 5.46. The number of rotatable bonds is 6. The van der Waals surface area contributed by atoms with Gasteiger partial charge in [-0.05, 0) is 45.1 Å². The molecule has 0 atom stereocenters. The van der Waals surface area contributed by atoms with Crippen molar-refractivity contribution in [2.24, 2.45) is 5.84 Å². The van der Waals surface area contributed by atoms with Gasteiger partial charge in [-0.1, -0.05) is 11.6 Å². The molecule has 1 saturated heterocycles. The molecule has 2 rings (SSSR count). The van der Waals surface area contributed by atoms with Crippen LogP contribution in [0, 0.1) is 0 Å². The van der Waals surface area contributed by atoms with Crippen LogP contribution in [0.1, 0.15) is 18.5 Å². The van der Waals surface area contributed by atoms with Crippen molar-refractivity contribution in [3.8, 4) is 0 Å². The fraction of sp³-hybridized carbons (Fsp3) is 0.615. The number of nitrogens with two attached hydrogens (primary N) is 1. The van der Waals surface area contributed by atoms with E-state index >= 15 is 0 Å². The normalized spacial score (nSPS) is 16.2. The second-order valence-electron chi connectivity index (χ2n) is 5.06. The summed E-state index contributed by atoms with van der Waals surface area (Å²) in [5.74, 6) is 6.01. The van der Waals surface area contributed by atoms with Crippen LogP contribution in [0.3, 0.4) is 0 Å². The zero-order chi connectivity index (χ0) is 13.7. The van der Waals surface area contributed by atoms with Crippen molar-refractivity contribution in [3.05, 3.63) is 22.8 Å². The van der Waals surface area contributed by atoms with Crippen molar-refractivity contribution < 1.29 is 0 Å². The summed E-state index contributed by atoms with van der Waals surface area (Å²) in [6.07, 6.45) is 2.67. The Kier molecular flexibility index (Phi) is 5.39. The van der Waals surface area contributed by atoms with E-state index in [1.807, 2.05) is 6.07 Å². The SMILES string of the molecule is CN(CCN1CCCC1)Cc1nc(NN)ccc1Cl. The van der Waals surface area contributed by atoms with Gasteiger partial charge >= 0.3 is 0 Å². The van der Waals surface area contributed by atoms with Gasteiger partial charge in [0, 0.05) is 19.6 Å². The van der Waals surface area contributed by atoms with E-state index in [4.69, 9.17) is 17.4 Å². The number of nitrogen functional groups attached to an aromatic ring is 1. The maximum atomic E-state index is 6.16. The minimum absolute atomic E-state index is 0.646. The van der Waals surface area contributed by atoms with Crippen molar-refractivity contribution in [3.63, 3.8) is 0 Å². The summed E-state index contributed by atoms with van der Waals surface area (Å²) >= 11 is 6.16. The molecule has 1 fully saturated rings. The molecular formula is C13H22ClN5. The second kappa shape index (κ2) is 7.05. The first-order chi connectivity index (χ1) is 9.19. The molecule has 1 aliphatic heterocycles. The van der Waals surface area contributed by atoms with E-state index in [1.165, 1.54) is 25.9 Å². The Morgan fingerprint density at radius 1 is 1.42 bits per heavy atom. The fourth-order valence-corrected chi connectivity index (χ4v) is 2.49. The Hall–Kier alpha value is -0.880. The molecule has 106 valence electrons. The zero-order valence-corrected chi connectivity index (χ0v) is 12.2. The topological polar surface area (TPSA) is 57.4 Å². The van der Waals surface area contributed by atoms with E-state index in [1.54, 1.807) is 6.07 Å². The van der Waals surface area contributed by atoms with Crippen molar-refractivity contribution in [1.82, 2.24) is 14.8 Å². The molecule has 1 aliphatic rings. The minimum Gasteiger partial charge on any atom is -0.308 e. The number of nitrogens with zero attached hydrogens (tertiary/aromatic N) is 3. The Bertz CT molecular complexity index is 406. The summed E-state index contributed by atoms with van der Waals surface area (Å²) in [7, 11) is 2.09. The minimum atomic E-state index is 0.646. The summed E-state index contributed by atoms with van der Waals surface area (Å²) in [6, 6.07) is 3.60. The molecule has 6 heteroatoms. The summed E-state index contributed by atoms with van der Waals surface area (Å²) in [4.78, 5) is 9.13. The third-order valence-corrected chi connectivity index (χ3v) is 3.83. The van der Waals surface area contributed by atoms with Crippen LogP contribution in [0.5, 0.6) is 0 Å². The van der Waals surface area contributed by atoms with Gasteiger partial charge in [0.05, 0.1) is 10.7 Å². The van der Waals surface area contributed by atoms with Gasteiger partial charge < -0.3 is 10.3 Å². The zero-order valence-electron chi connectivity index (χ0n) is 11.4. The van der Waals surface area contributed by atoms with Crippen LogP contribution in [0.4, 0.5) is 5.82 Å². The first-order valence-corrected chi connectivity index (χ1v) is 7.10. The van der Waals surface area contributed by atoms with Gasteiger partial charge in [-0.2, -0.15) is 0 Å². The maximum Gasteiger partial charge on any atom is 0.140 e. The molecule has 0 spiro atoms. The number of hydrazine groups is 1. The molecule has 0 radical (unpaired) electrons. The number of likely N-dealkylation sites (tertiary alicyclic amines) is 1. The van der Waals surface area contributed by atoms with Gasteiger partial charge in [-0.25, -0.2) is 10.8 Å². The summed E-state index contributed by atoms with van der Waals surface area (Å²) < 4.78 is 0. The molecule has 1 aromatic heterocycles. The van der Waals surface area contributed by atoms with E-state index < -0.39 is 0 Å². The monoisotopic (exact) mass is 283 g/mol. The molecular weight excluding hydrogens is 262 g/mol. The smallest absolute Gasteiger partial charge is 0.140 e. The average Bonchev–Trinajstić information content (AvgIpc) is 2.92. The van der Waals surface area contributed by atoms with Gasteiger partial charge in [0.2, 0.25) is 0 Å². The number of nitrogens with one attached hydrogen (secondary N) is 1. The number of hydrogen-bond acceptors (Lipinski definition) is 5. The Balaban J connectivity index is 1.85. The number of anilines is 1. The van der Waals surface area contributed by atoms with Crippen molar-refractivity contribution in [2.75, 3.05) is 38.7 Å². The van der Waals surface area contributed by atoms with Crippen molar-refractivity contribution in [2.45, 2.75) is 19.4 Å². The largest absolute Gasteiger partial charge is 0.308 e. The molecule has 0 bridgehead atoms. The van der Waals surface area contributed by atoms with Crippen LogP contribution in [-0.2, 0) is 6.54 Å². The summed E-state index contributed by atoms with van der Waals surface area (Å²) in [6.45, 7) is 5.35. The Labute approximate surface area is 119 Å². The van der Waals surface area contributed by atoms with Crippen LogP contribution in [0.15, 0.2) is 12.1 Å². The first-order valence-electron chi connectivity index (χ1n) is 6.72. The van der Waals surface area contributed by atoms with Gasteiger partial charge in [0.15, 0.2) is 0 Å². The highest BCUT2D eigenvalue weighted by Crippen LogP contribution is 2.17. The average molecular weight is 284 g/mol. The molecule has 0 amide bonds. The summed E-state index contributed by atoms with van der Waals surface area (Å²) in [5.41, 5.74) is 3.41. The van der Waals surface area contributed by atoms with Gasteiger partial charge in [0.25, 0.3) is 0 Å². The number of halogens is 1. The molecule has 3 N–H and O–H groups in total. The summed E-state index contributed by atoms with van der Waals surface area (Å²) in [5, 5.41) is 0.687. The van der Waals surface area contributed by atoms with Crippen LogP contribution >= 0.6 is 11.6 Å². The van der Waals surface area contributed by atoms with Crippen LogP contribution in [0.25, 0.3) is 0 Å². The highest BCUT2D eigenvalue weighted by Gasteiger charge is 2.13. The lowest BCUT2D eigenvalue weighted by molar-refractivity contribution is 0.251. The fourth-order valence-electron chi connectivity index (χ4n) is 2.33. The lowest BCUT2D eigenvalue weighted by atomic mass is 10.3. The quantitative estimate of drug-likeness (QED) is 0.613. The molecule has 5 nitrogen and oxygen atoms in total. The molecule has 19 heavy (non-hydrogen) atoms. The van der Waals surface area contributed by atoms with Crippen molar-refractivity contribution >= 4 is 17.4 Å². The lowest BCUT2D eigenvalue weighted by Gasteiger charge is -2.21. The molecule has 0 saturated carbocycles. The van der Waals surface area contributed by atoms with E-state index in [0.717, 1.165) is 25.3 Å². The van der Waals surface area contributed by atoms with Crippen LogP contribution < -0.4 is 11.3 Å². The van der Waals surface area contributed by atoms with E-state index in [9.17, 15) is 0 Å². The van der Waals surface area contributed by atoms with Gasteiger partial charge in [-0.3, -0.25) is 4.90 Å². The third-order valence-electron chi connectivity index (χ3n) is 3.48. The van der Waals surface area contributed by atoms with Crippen LogP contribution in [-0.4, -0.2) is 48.0 Å². The molecule has 0 unspecified atom stereocenters. The Morgan fingerprint density at radius 2 is 2.16 bits per heavy atom. The predicted octanol–water partition coefficient (Wildman–Crippen LogP) is 1.55. The first kappa shape index (κ1) is 14.5. The van der Waals surface area contributed by atoms with E-state index in [-0.39, 0.29) is 0 Å². The molecule has 2 heterocycles. The predicted molar refractivity (Wildman–Crippen MR) is 79.1 cm³/mol. The van der Waals surface area contributed by atoms with E-state index in [2.05, 4.69) is 27.3 Å². The van der Waals surface area contributed by atoms with Gasteiger partial charge in [0.1, 0.15) is 5.82 Å². The Morgan fingerprint density at radius 3 is 2.84 bits per heavy atom. The number of hydrogen-bond donors (Lipinski definition) is 2. The number of likely N-dealkylation sites (N-methyl/N-ethyl adjacent to an activating group) is 1. The number of pyridine rings is 1.